The lowest BCUT2D eigenvalue weighted by Gasteiger charge is -2.02. The second-order valence-electron chi connectivity index (χ2n) is 3.02. The molecule has 0 aliphatic carbocycles. The Kier molecular flexibility index (Phi) is 8.62. The zero-order valence-electron chi connectivity index (χ0n) is 8.34. The third kappa shape index (κ3) is 9.05. The Morgan fingerprint density at radius 1 is 1.38 bits per heavy atom. The Labute approximate surface area is 80.0 Å². The van der Waals surface area contributed by atoms with Gasteiger partial charge in [0.2, 0.25) is 0 Å². The average molecular weight is 185 g/mol. The quantitative estimate of drug-likeness (QED) is 0.359. The largest absolute Gasteiger partial charge is 0.466 e. The summed E-state index contributed by atoms with van der Waals surface area (Å²) in [7, 11) is 0. The molecular formula is C10H19NO2. The normalized spacial score (nSPS) is 9.62. The van der Waals surface area contributed by atoms with Crippen molar-refractivity contribution in [2.75, 3.05) is 6.61 Å². The number of hydrogen-bond donors (Lipinski definition) is 1. The Balaban J connectivity index is 3.15. The van der Waals surface area contributed by atoms with Crippen molar-refractivity contribution in [2.45, 2.75) is 45.4 Å². The van der Waals surface area contributed by atoms with Gasteiger partial charge < -0.3 is 10.1 Å². The lowest BCUT2D eigenvalue weighted by atomic mass is 10.2. The van der Waals surface area contributed by atoms with E-state index < -0.39 is 0 Å². The number of carbonyl (C=O) groups excluding carboxylic acids is 1. The average Bonchev–Trinajstić information content (AvgIpc) is 2.13. The second kappa shape index (κ2) is 9.23. The van der Waals surface area contributed by atoms with Gasteiger partial charge >= 0.3 is 5.97 Å². The van der Waals surface area contributed by atoms with Gasteiger partial charge in [-0.25, -0.2) is 0 Å². The second-order valence-corrected chi connectivity index (χ2v) is 3.02. The van der Waals surface area contributed by atoms with Crippen molar-refractivity contribution in [1.29, 1.82) is 5.41 Å². The highest BCUT2D eigenvalue weighted by Gasteiger charge is 2.00. The van der Waals surface area contributed by atoms with Crippen LogP contribution in [0.2, 0.25) is 0 Å². The number of carbonyl (C=O) groups is 1. The van der Waals surface area contributed by atoms with Crippen molar-refractivity contribution in [2.24, 2.45) is 0 Å². The first-order valence-electron chi connectivity index (χ1n) is 4.95. The van der Waals surface area contributed by atoms with Gasteiger partial charge in [-0.15, -0.1) is 0 Å². The van der Waals surface area contributed by atoms with Crippen molar-refractivity contribution in [3.63, 3.8) is 0 Å². The molecule has 3 heteroatoms. The molecule has 0 heterocycles. The molecule has 0 radical (unpaired) electrons. The molecule has 76 valence electrons. The van der Waals surface area contributed by atoms with Crippen LogP contribution in [0.1, 0.15) is 45.4 Å². The molecule has 0 aliphatic heterocycles. The summed E-state index contributed by atoms with van der Waals surface area (Å²) in [6, 6.07) is 0. The maximum atomic E-state index is 11.0. The molecule has 0 unspecified atom stereocenters. The van der Waals surface area contributed by atoms with E-state index in [9.17, 15) is 4.79 Å². The predicted octanol–water partition coefficient (Wildman–Crippen LogP) is 2.54. The number of nitrogens with one attached hydrogen (secondary N) is 1. The van der Waals surface area contributed by atoms with Crippen LogP contribution < -0.4 is 0 Å². The van der Waals surface area contributed by atoms with Crippen LogP contribution in [-0.4, -0.2) is 18.8 Å². The number of hydrogen-bond acceptors (Lipinski definition) is 3. The summed E-state index contributed by atoms with van der Waals surface area (Å²) in [6.07, 6.45) is 6.40. The van der Waals surface area contributed by atoms with E-state index in [0.29, 0.717) is 19.4 Å². The van der Waals surface area contributed by atoms with E-state index in [0.717, 1.165) is 25.7 Å². The first-order chi connectivity index (χ1) is 6.31. The van der Waals surface area contributed by atoms with E-state index in [1.54, 1.807) is 0 Å². The third-order valence-corrected chi connectivity index (χ3v) is 1.74. The number of unbranched alkanes of at least 4 members (excludes halogenated alkanes) is 3. The van der Waals surface area contributed by atoms with E-state index in [-0.39, 0.29) is 5.97 Å². The van der Waals surface area contributed by atoms with E-state index >= 15 is 0 Å². The van der Waals surface area contributed by atoms with Gasteiger partial charge in [-0.05, 0) is 25.5 Å². The molecule has 0 bridgehead atoms. The number of esters is 1. The smallest absolute Gasteiger partial charge is 0.305 e. The summed E-state index contributed by atoms with van der Waals surface area (Å²) in [4.78, 5) is 11.0. The highest BCUT2D eigenvalue weighted by atomic mass is 16.5. The van der Waals surface area contributed by atoms with Gasteiger partial charge in [-0.1, -0.05) is 19.8 Å². The highest BCUT2D eigenvalue weighted by Crippen LogP contribution is 1.98. The summed E-state index contributed by atoms with van der Waals surface area (Å²) in [5.74, 6) is -0.127. The van der Waals surface area contributed by atoms with Crippen molar-refractivity contribution < 1.29 is 9.53 Å². The summed E-state index contributed by atoms with van der Waals surface area (Å²) in [5.41, 5.74) is 0. The van der Waals surface area contributed by atoms with Crippen LogP contribution in [0.4, 0.5) is 0 Å². The summed E-state index contributed by atoms with van der Waals surface area (Å²) in [5, 5.41) is 6.76. The number of rotatable bonds is 8. The molecule has 13 heavy (non-hydrogen) atoms. The Morgan fingerprint density at radius 2 is 2.15 bits per heavy atom. The fraction of sp³-hybridized carbons (Fsp3) is 0.800. The van der Waals surface area contributed by atoms with Crippen molar-refractivity contribution in [3.8, 4) is 0 Å². The van der Waals surface area contributed by atoms with Gasteiger partial charge in [0.25, 0.3) is 0 Å². The monoisotopic (exact) mass is 185 g/mol. The van der Waals surface area contributed by atoms with Gasteiger partial charge in [0.1, 0.15) is 0 Å². The Morgan fingerprint density at radius 3 is 2.77 bits per heavy atom. The SMILES string of the molecule is CCCCCOC(=O)CCCC=N. The number of ether oxygens (including phenoxy) is 1. The van der Waals surface area contributed by atoms with E-state index in [2.05, 4.69) is 6.92 Å². The van der Waals surface area contributed by atoms with E-state index in [4.69, 9.17) is 10.1 Å². The molecule has 0 aromatic heterocycles. The Bertz CT molecular complexity index is 146. The van der Waals surface area contributed by atoms with Crippen LogP contribution in [0.5, 0.6) is 0 Å². The molecule has 0 amide bonds. The Hall–Kier alpha value is -0.860. The minimum absolute atomic E-state index is 0.127. The fourth-order valence-corrected chi connectivity index (χ4v) is 0.959. The predicted molar refractivity (Wildman–Crippen MR) is 53.1 cm³/mol. The zero-order valence-corrected chi connectivity index (χ0v) is 8.34. The van der Waals surface area contributed by atoms with Gasteiger partial charge in [-0.3, -0.25) is 4.79 Å². The molecule has 3 nitrogen and oxygen atoms in total. The molecule has 0 aromatic carbocycles. The zero-order chi connectivity index (χ0) is 9.94. The van der Waals surface area contributed by atoms with E-state index in [1.807, 2.05) is 0 Å². The molecule has 0 saturated carbocycles. The van der Waals surface area contributed by atoms with Crippen LogP contribution in [0.25, 0.3) is 0 Å². The van der Waals surface area contributed by atoms with E-state index in [1.165, 1.54) is 6.21 Å². The first kappa shape index (κ1) is 12.1. The van der Waals surface area contributed by atoms with Gasteiger partial charge in [0.05, 0.1) is 6.61 Å². The summed E-state index contributed by atoms with van der Waals surface area (Å²) < 4.78 is 4.98. The lowest BCUT2D eigenvalue weighted by molar-refractivity contribution is -0.143. The summed E-state index contributed by atoms with van der Waals surface area (Å²) in [6.45, 7) is 2.67. The molecule has 0 aliphatic rings. The van der Waals surface area contributed by atoms with Crippen LogP contribution in [0.3, 0.4) is 0 Å². The van der Waals surface area contributed by atoms with Crippen LogP contribution in [0.15, 0.2) is 0 Å². The fourth-order valence-electron chi connectivity index (χ4n) is 0.959. The van der Waals surface area contributed by atoms with Crippen molar-refractivity contribution in [3.05, 3.63) is 0 Å². The molecule has 0 rings (SSSR count). The van der Waals surface area contributed by atoms with Crippen LogP contribution >= 0.6 is 0 Å². The van der Waals surface area contributed by atoms with Crippen molar-refractivity contribution in [1.82, 2.24) is 0 Å². The highest BCUT2D eigenvalue weighted by molar-refractivity contribution is 5.69. The third-order valence-electron chi connectivity index (χ3n) is 1.74. The molecule has 0 fully saturated rings. The minimum Gasteiger partial charge on any atom is -0.466 e. The van der Waals surface area contributed by atoms with Gasteiger partial charge in [0, 0.05) is 6.42 Å². The lowest BCUT2D eigenvalue weighted by Crippen LogP contribution is -2.05. The maximum absolute atomic E-state index is 11.0. The van der Waals surface area contributed by atoms with Gasteiger partial charge in [0.15, 0.2) is 0 Å². The van der Waals surface area contributed by atoms with Crippen molar-refractivity contribution >= 4 is 12.2 Å². The van der Waals surface area contributed by atoms with Crippen LogP contribution in [-0.2, 0) is 9.53 Å². The molecule has 0 aromatic rings. The summed E-state index contributed by atoms with van der Waals surface area (Å²) >= 11 is 0. The topological polar surface area (TPSA) is 50.2 Å². The molecule has 0 spiro atoms. The standard InChI is InChI=1S/C10H19NO2/c1-2-3-6-9-13-10(12)7-4-5-8-11/h8,11H,2-7,9H2,1H3. The molecular weight excluding hydrogens is 166 g/mol. The van der Waals surface area contributed by atoms with Gasteiger partial charge in [-0.2, -0.15) is 0 Å². The first-order valence-corrected chi connectivity index (χ1v) is 4.95. The minimum atomic E-state index is -0.127. The molecule has 0 atom stereocenters. The molecule has 0 saturated heterocycles. The maximum Gasteiger partial charge on any atom is 0.305 e. The van der Waals surface area contributed by atoms with Crippen LogP contribution in [0, 0.1) is 5.41 Å². The molecule has 1 N–H and O–H groups in total.